The first-order chi connectivity index (χ1) is 6.68. The summed E-state index contributed by atoms with van der Waals surface area (Å²) in [5, 5.41) is 0. The third-order valence-electron chi connectivity index (χ3n) is 1.90. The normalized spacial score (nSPS) is 11.7. The van der Waals surface area contributed by atoms with Crippen molar-refractivity contribution < 1.29 is 14.2 Å². The van der Waals surface area contributed by atoms with Gasteiger partial charge in [-0.15, -0.1) is 0 Å². The van der Waals surface area contributed by atoms with Gasteiger partial charge >= 0.3 is 5.97 Å². The van der Waals surface area contributed by atoms with Crippen LogP contribution in [0.2, 0.25) is 0 Å². The van der Waals surface area contributed by atoms with E-state index >= 15 is 0 Å². The van der Waals surface area contributed by atoms with Crippen LogP contribution < -0.4 is 0 Å². The van der Waals surface area contributed by atoms with Crippen LogP contribution >= 0.6 is 0 Å². The van der Waals surface area contributed by atoms with Gasteiger partial charge in [-0.25, -0.2) is 4.98 Å². The zero-order valence-electron chi connectivity index (χ0n) is 8.77. The lowest BCUT2D eigenvalue weighted by Gasteiger charge is -2.27. The second kappa shape index (κ2) is 4.45. The molecule has 1 rings (SSSR count). The van der Waals surface area contributed by atoms with Crippen molar-refractivity contribution in [3.63, 3.8) is 0 Å². The molecule has 0 aliphatic rings. The Bertz CT molecular complexity index is 274. The predicted molar refractivity (Wildman–Crippen MR) is 49.5 cm³/mol. The number of aromatic nitrogens is 2. The van der Waals surface area contributed by atoms with Gasteiger partial charge in [0, 0.05) is 27.5 Å². The van der Waals surface area contributed by atoms with Gasteiger partial charge in [-0.3, -0.25) is 4.98 Å². The van der Waals surface area contributed by atoms with Crippen LogP contribution in [-0.2, 0) is 20.2 Å². The molecule has 0 fully saturated rings. The fourth-order valence-corrected chi connectivity index (χ4v) is 1.11. The fraction of sp³-hybridized carbons (Fsp3) is 0.556. The van der Waals surface area contributed by atoms with E-state index in [-0.39, 0.29) is 0 Å². The minimum absolute atomic E-state index is 0.482. The quantitative estimate of drug-likeness (QED) is 0.671. The number of ether oxygens (including phenoxy) is 3. The molecule has 0 unspecified atom stereocenters. The highest BCUT2D eigenvalue weighted by Crippen LogP contribution is 2.23. The maximum atomic E-state index is 5.12. The van der Waals surface area contributed by atoms with Crippen molar-refractivity contribution in [1.29, 1.82) is 0 Å². The Balaban J connectivity index is 3.05. The topological polar surface area (TPSA) is 53.5 Å². The first-order valence-electron chi connectivity index (χ1n) is 4.13. The Morgan fingerprint density at radius 1 is 1.00 bits per heavy atom. The SMILES string of the molecule is COC(OC)(OC)c1cnc(C)cn1. The number of aryl methyl sites for hydroxylation is 1. The first kappa shape index (κ1) is 11.0. The molecule has 0 aromatic carbocycles. The predicted octanol–water partition coefficient (Wildman–Crippen LogP) is 0.835. The number of nitrogens with zero attached hydrogens (tertiary/aromatic N) is 2. The average molecular weight is 198 g/mol. The molecule has 0 bridgehead atoms. The Labute approximate surface area is 83.0 Å². The van der Waals surface area contributed by atoms with Gasteiger partial charge in [-0.1, -0.05) is 0 Å². The van der Waals surface area contributed by atoms with E-state index in [1.807, 2.05) is 6.92 Å². The molecule has 14 heavy (non-hydrogen) atoms. The Morgan fingerprint density at radius 2 is 1.57 bits per heavy atom. The summed E-state index contributed by atoms with van der Waals surface area (Å²) in [5.41, 5.74) is 1.31. The first-order valence-corrected chi connectivity index (χ1v) is 4.13. The van der Waals surface area contributed by atoms with Crippen LogP contribution in [0.5, 0.6) is 0 Å². The Kier molecular flexibility index (Phi) is 3.51. The molecule has 0 saturated carbocycles. The molecule has 0 amide bonds. The summed E-state index contributed by atoms with van der Waals surface area (Å²) in [4.78, 5) is 8.21. The summed E-state index contributed by atoms with van der Waals surface area (Å²) in [6, 6.07) is 0. The summed E-state index contributed by atoms with van der Waals surface area (Å²) in [5.74, 6) is -1.26. The van der Waals surface area contributed by atoms with E-state index in [0.717, 1.165) is 5.69 Å². The van der Waals surface area contributed by atoms with Crippen LogP contribution in [0.1, 0.15) is 11.4 Å². The number of hydrogen-bond donors (Lipinski definition) is 0. The van der Waals surface area contributed by atoms with E-state index in [0.29, 0.717) is 5.69 Å². The number of methoxy groups -OCH3 is 3. The second-order valence-electron chi connectivity index (χ2n) is 2.71. The van der Waals surface area contributed by atoms with Crippen molar-refractivity contribution in [3.8, 4) is 0 Å². The highest BCUT2D eigenvalue weighted by molar-refractivity contribution is 5.04. The van der Waals surface area contributed by atoms with Crippen LogP contribution in [0.25, 0.3) is 0 Å². The second-order valence-corrected chi connectivity index (χ2v) is 2.71. The zero-order valence-corrected chi connectivity index (χ0v) is 8.77. The van der Waals surface area contributed by atoms with Crippen molar-refractivity contribution in [2.75, 3.05) is 21.3 Å². The molecule has 0 saturated heterocycles. The molecule has 1 aromatic heterocycles. The third kappa shape index (κ3) is 1.89. The molecule has 1 aromatic rings. The van der Waals surface area contributed by atoms with E-state index in [9.17, 15) is 0 Å². The molecule has 0 atom stereocenters. The zero-order chi connectivity index (χ0) is 10.6. The smallest absolute Gasteiger partial charge is 0.326 e. The summed E-state index contributed by atoms with van der Waals surface area (Å²) in [6.07, 6.45) is 3.19. The van der Waals surface area contributed by atoms with E-state index in [1.54, 1.807) is 12.4 Å². The lowest BCUT2D eigenvalue weighted by atomic mass is 10.3. The van der Waals surface area contributed by atoms with Crippen LogP contribution in [0.15, 0.2) is 12.4 Å². The van der Waals surface area contributed by atoms with Gasteiger partial charge in [-0.2, -0.15) is 0 Å². The van der Waals surface area contributed by atoms with E-state index in [1.165, 1.54) is 21.3 Å². The van der Waals surface area contributed by atoms with Crippen LogP contribution in [0.4, 0.5) is 0 Å². The van der Waals surface area contributed by atoms with Crippen molar-refractivity contribution in [2.45, 2.75) is 12.9 Å². The van der Waals surface area contributed by atoms with Crippen LogP contribution in [0, 0.1) is 6.92 Å². The van der Waals surface area contributed by atoms with Gasteiger partial charge in [0.15, 0.2) is 0 Å². The Morgan fingerprint density at radius 3 is 1.93 bits per heavy atom. The van der Waals surface area contributed by atoms with Crippen molar-refractivity contribution in [2.24, 2.45) is 0 Å². The molecule has 5 nitrogen and oxygen atoms in total. The van der Waals surface area contributed by atoms with Crippen LogP contribution in [-0.4, -0.2) is 31.3 Å². The fourth-order valence-electron chi connectivity index (χ4n) is 1.11. The molecule has 1 heterocycles. The highest BCUT2D eigenvalue weighted by Gasteiger charge is 2.34. The van der Waals surface area contributed by atoms with Crippen molar-refractivity contribution in [1.82, 2.24) is 9.97 Å². The summed E-state index contributed by atoms with van der Waals surface area (Å²) >= 11 is 0. The minimum Gasteiger partial charge on any atom is -0.326 e. The third-order valence-corrected chi connectivity index (χ3v) is 1.90. The van der Waals surface area contributed by atoms with E-state index in [2.05, 4.69) is 9.97 Å². The molecule has 0 radical (unpaired) electrons. The molecule has 0 aliphatic carbocycles. The standard InChI is InChI=1S/C9H14N2O3/c1-7-5-11-8(6-10-7)9(12-2,13-3)14-4/h5-6H,1-4H3. The molecule has 0 aliphatic heterocycles. The maximum absolute atomic E-state index is 5.12. The molecule has 5 heteroatoms. The highest BCUT2D eigenvalue weighted by atomic mass is 16.9. The van der Waals surface area contributed by atoms with Gasteiger partial charge in [0.25, 0.3) is 0 Å². The molecular weight excluding hydrogens is 184 g/mol. The number of rotatable bonds is 4. The molecule has 0 N–H and O–H groups in total. The molecule has 0 spiro atoms. The summed E-state index contributed by atoms with van der Waals surface area (Å²) in [7, 11) is 4.44. The molecule has 78 valence electrons. The van der Waals surface area contributed by atoms with Crippen molar-refractivity contribution >= 4 is 0 Å². The molecular formula is C9H14N2O3. The lowest BCUT2D eigenvalue weighted by Crippen LogP contribution is -2.34. The Hall–Kier alpha value is -1.04. The van der Waals surface area contributed by atoms with Gasteiger partial charge in [0.2, 0.25) is 0 Å². The lowest BCUT2D eigenvalue weighted by molar-refractivity contribution is -0.366. The summed E-state index contributed by atoms with van der Waals surface area (Å²) in [6.45, 7) is 1.85. The van der Waals surface area contributed by atoms with E-state index in [4.69, 9.17) is 14.2 Å². The monoisotopic (exact) mass is 198 g/mol. The number of hydrogen-bond acceptors (Lipinski definition) is 5. The van der Waals surface area contributed by atoms with Gasteiger partial charge in [0.05, 0.1) is 11.9 Å². The van der Waals surface area contributed by atoms with Gasteiger partial charge in [0.1, 0.15) is 5.69 Å². The van der Waals surface area contributed by atoms with Gasteiger partial charge in [-0.05, 0) is 6.92 Å². The van der Waals surface area contributed by atoms with Crippen LogP contribution in [0.3, 0.4) is 0 Å². The largest absolute Gasteiger partial charge is 0.330 e. The van der Waals surface area contributed by atoms with Gasteiger partial charge < -0.3 is 14.2 Å². The maximum Gasteiger partial charge on any atom is 0.330 e. The summed E-state index contributed by atoms with van der Waals surface area (Å²) < 4.78 is 15.3. The van der Waals surface area contributed by atoms with E-state index < -0.39 is 5.97 Å². The van der Waals surface area contributed by atoms with Crippen molar-refractivity contribution in [3.05, 3.63) is 23.8 Å². The minimum atomic E-state index is -1.26. The average Bonchev–Trinajstić information content (AvgIpc) is 2.24.